The van der Waals surface area contributed by atoms with Gasteiger partial charge in [-0.05, 0) is 18.6 Å². The molecule has 0 saturated heterocycles. The van der Waals surface area contributed by atoms with Gasteiger partial charge in [-0.1, -0.05) is 25.1 Å². The maximum atomic E-state index is 11.4. The lowest BCUT2D eigenvalue weighted by atomic mass is 10.4. The summed E-state index contributed by atoms with van der Waals surface area (Å²) in [4.78, 5) is 0.939. The Labute approximate surface area is 69.9 Å². The van der Waals surface area contributed by atoms with Crippen molar-refractivity contribution in [1.29, 1.82) is 0 Å². The summed E-state index contributed by atoms with van der Waals surface area (Å²) in [7, 11) is -0.783. The molecule has 0 spiro atoms. The van der Waals surface area contributed by atoms with Gasteiger partial charge < -0.3 is 0 Å². The molecule has 0 unspecified atom stereocenters. The molecule has 2 heteroatoms. The van der Waals surface area contributed by atoms with E-state index in [1.54, 1.807) is 0 Å². The van der Waals surface area contributed by atoms with Crippen LogP contribution in [0.25, 0.3) is 0 Å². The Kier molecular flexibility index (Phi) is 3.30. The minimum absolute atomic E-state index is 0.768. The first kappa shape index (κ1) is 8.47. The molecule has 60 valence electrons. The number of hydrogen-bond acceptors (Lipinski definition) is 1. The number of rotatable bonds is 3. The van der Waals surface area contributed by atoms with Gasteiger partial charge in [0.15, 0.2) is 0 Å². The average molecular weight is 168 g/mol. The van der Waals surface area contributed by atoms with E-state index in [4.69, 9.17) is 0 Å². The van der Waals surface area contributed by atoms with Crippen LogP contribution in [-0.2, 0) is 10.8 Å². The second-order valence-corrected chi connectivity index (χ2v) is 3.93. The molecule has 0 saturated carbocycles. The van der Waals surface area contributed by atoms with Crippen LogP contribution in [0.4, 0.5) is 0 Å². The van der Waals surface area contributed by atoms with Crippen molar-refractivity contribution >= 4 is 10.8 Å². The van der Waals surface area contributed by atoms with Gasteiger partial charge in [-0.25, -0.2) is 0 Å². The Balaban J connectivity index is 2.69. The van der Waals surface area contributed by atoms with Gasteiger partial charge >= 0.3 is 0 Å². The summed E-state index contributed by atoms with van der Waals surface area (Å²) in [5, 5.41) is 0. The maximum absolute atomic E-state index is 11.4. The maximum Gasteiger partial charge on any atom is 0.0529 e. The van der Waals surface area contributed by atoms with E-state index in [1.165, 1.54) is 0 Å². The highest BCUT2D eigenvalue weighted by molar-refractivity contribution is 7.85. The Hall–Kier alpha value is -0.630. The van der Waals surface area contributed by atoms with Crippen LogP contribution in [0.15, 0.2) is 35.2 Å². The molecule has 0 aliphatic heterocycles. The summed E-state index contributed by atoms with van der Waals surface area (Å²) < 4.78 is 11.4. The monoisotopic (exact) mass is 168 g/mol. The molecule has 0 bridgehead atoms. The van der Waals surface area contributed by atoms with Gasteiger partial charge in [0.2, 0.25) is 0 Å². The highest BCUT2D eigenvalue weighted by atomic mass is 32.2. The summed E-state index contributed by atoms with van der Waals surface area (Å²) in [6.07, 6.45) is 0.974. The molecule has 0 aliphatic carbocycles. The Morgan fingerprint density at radius 3 is 2.45 bits per heavy atom. The highest BCUT2D eigenvalue weighted by Crippen LogP contribution is 2.05. The van der Waals surface area contributed by atoms with Crippen molar-refractivity contribution in [1.82, 2.24) is 0 Å². The molecule has 0 amide bonds. The Morgan fingerprint density at radius 2 is 1.91 bits per heavy atom. The second-order valence-electron chi connectivity index (χ2n) is 2.36. The van der Waals surface area contributed by atoms with Crippen LogP contribution < -0.4 is 0 Å². The van der Waals surface area contributed by atoms with E-state index in [2.05, 4.69) is 0 Å². The summed E-state index contributed by atoms with van der Waals surface area (Å²) in [5.41, 5.74) is 0. The van der Waals surface area contributed by atoms with Crippen molar-refractivity contribution in [3.8, 4) is 0 Å². The lowest BCUT2D eigenvalue weighted by molar-refractivity contribution is 0.682. The van der Waals surface area contributed by atoms with Crippen molar-refractivity contribution in [2.75, 3.05) is 5.75 Å². The molecular weight excluding hydrogens is 156 g/mol. The third-order valence-electron chi connectivity index (χ3n) is 1.40. The molecule has 1 nitrogen and oxygen atoms in total. The normalized spacial score (nSPS) is 12.8. The summed E-state index contributed by atoms with van der Waals surface area (Å²) >= 11 is 0. The van der Waals surface area contributed by atoms with Gasteiger partial charge in [0, 0.05) is 10.6 Å². The molecule has 1 atom stereocenters. The van der Waals surface area contributed by atoms with Crippen LogP contribution in [0, 0.1) is 0 Å². The first-order valence-corrected chi connectivity index (χ1v) is 5.10. The predicted octanol–water partition coefficient (Wildman–Crippen LogP) is 2.20. The number of benzene rings is 1. The van der Waals surface area contributed by atoms with Crippen molar-refractivity contribution in [3.63, 3.8) is 0 Å². The third-order valence-corrected chi connectivity index (χ3v) is 2.97. The molecule has 0 fully saturated rings. The van der Waals surface area contributed by atoms with E-state index >= 15 is 0 Å². The molecule has 1 rings (SSSR count). The number of hydrogen-bond donors (Lipinski definition) is 0. The van der Waals surface area contributed by atoms with Crippen LogP contribution in [0.2, 0.25) is 0 Å². The molecule has 0 radical (unpaired) electrons. The lowest BCUT2D eigenvalue weighted by Crippen LogP contribution is -1.95. The van der Waals surface area contributed by atoms with Crippen LogP contribution in [-0.4, -0.2) is 9.96 Å². The molecule has 0 aromatic heterocycles. The third kappa shape index (κ3) is 2.46. The van der Waals surface area contributed by atoms with Gasteiger partial charge in [0.1, 0.15) is 0 Å². The summed E-state index contributed by atoms with van der Waals surface area (Å²) in [5.74, 6) is 0.768. The first-order valence-electron chi connectivity index (χ1n) is 3.78. The van der Waals surface area contributed by atoms with Crippen molar-refractivity contribution in [3.05, 3.63) is 30.3 Å². The fourth-order valence-electron chi connectivity index (χ4n) is 0.876. The van der Waals surface area contributed by atoms with Crippen LogP contribution in [0.5, 0.6) is 0 Å². The largest absolute Gasteiger partial charge is 0.254 e. The lowest BCUT2D eigenvalue weighted by Gasteiger charge is -1.97. The quantitative estimate of drug-likeness (QED) is 0.676. The zero-order chi connectivity index (χ0) is 8.10. The molecule has 0 N–H and O–H groups in total. The Morgan fingerprint density at radius 1 is 1.27 bits per heavy atom. The molecule has 1 aromatic carbocycles. The van der Waals surface area contributed by atoms with Crippen molar-refractivity contribution in [2.45, 2.75) is 18.2 Å². The fourth-order valence-corrected chi connectivity index (χ4v) is 1.94. The molecule has 0 aliphatic rings. The highest BCUT2D eigenvalue weighted by Gasteiger charge is 1.98. The van der Waals surface area contributed by atoms with Gasteiger partial charge in [-0.15, -0.1) is 0 Å². The van der Waals surface area contributed by atoms with Crippen LogP contribution in [0.1, 0.15) is 13.3 Å². The van der Waals surface area contributed by atoms with E-state index < -0.39 is 10.8 Å². The van der Waals surface area contributed by atoms with Crippen LogP contribution >= 0.6 is 0 Å². The average Bonchev–Trinajstić information content (AvgIpc) is 2.07. The summed E-state index contributed by atoms with van der Waals surface area (Å²) in [6, 6.07) is 9.59. The van der Waals surface area contributed by atoms with Crippen LogP contribution in [0.3, 0.4) is 0 Å². The topological polar surface area (TPSA) is 17.1 Å². The fraction of sp³-hybridized carbons (Fsp3) is 0.333. The molecular formula is C9H12OS. The SMILES string of the molecule is CCC[S@](=O)c1ccccc1. The van der Waals surface area contributed by atoms with Gasteiger partial charge in [0.25, 0.3) is 0 Å². The second kappa shape index (κ2) is 4.29. The van der Waals surface area contributed by atoms with E-state index in [9.17, 15) is 4.21 Å². The minimum Gasteiger partial charge on any atom is -0.254 e. The molecule has 0 heterocycles. The predicted molar refractivity (Wildman–Crippen MR) is 48.0 cm³/mol. The van der Waals surface area contributed by atoms with Gasteiger partial charge in [-0.3, -0.25) is 4.21 Å². The Bertz CT molecular complexity index is 231. The molecule has 1 aromatic rings. The van der Waals surface area contributed by atoms with Crippen molar-refractivity contribution in [2.24, 2.45) is 0 Å². The van der Waals surface area contributed by atoms with E-state index in [-0.39, 0.29) is 0 Å². The summed E-state index contributed by atoms with van der Waals surface area (Å²) in [6.45, 7) is 2.04. The van der Waals surface area contributed by atoms with E-state index in [0.29, 0.717) is 0 Å². The zero-order valence-corrected chi connectivity index (χ0v) is 7.43. The minimum atomic E-state index is -0.783. The first-order chi connectivity index (χ1) is 5.34. The van der Waals surface area contributed by atoms with E-state index in [1.807, 2.05) is 37.3 Å². The standard InChI is InChI=1S/C9H12OS/c1-2-8-11(10)9-6-4-3-5-7-9/h3-7H,2,8H2,1H3/t11-/m0/s1. The van der Waals surface area contributed by atoms with Gasteiger partial charge in [-0.2, -0.15) is 0 Å². The van der Waals surface area contributed by atoms with Gasteiger partial charge in [0.05, 0.1) is 10.8 Å². The zero-order valence-electron chi connectivity index (χ0n) is 6.62. The van der Waals surface area contributed by atoms with Crippen molar-refractivity contribution < 1.29 is 4.21 Å². The smallest absolute Gasteiger partial charge is 0.0529 e. The van der Waals surface area contributed by atoms with E-state index in [0.717, 1.165) is 17.1 Å². The molecule has 11 heavy (non-hydrogen) atoms.